The molecule has 1 rings (SSSR count). The van der Waals surface area contributed by atoms with Gasteiger partial charge >= 0.3 is 0 Å². The van der Waals surface area contributed by atoms with E-state index in [1.165, 1.54) is 0 Å². The van der Waals surface area contributed by atoms with E-state index in [0.29, 0.717) is 6.20 Å². The predicted molar refractivity (Wildman–Crippen MR) is 50.4 cm³/mol. The molecular formula is C7H4Cl2F2N2O2. The normalized spacial score (nSPS) is 10.7. The van der Waals surface area contributed by atoms with E-state index in [9.17, 15) is 18.9 Å². The smallest absolute Gasteiger partial charge is 0.258 e. The van der Waals surface area contributed by atoms with Crippen LogP contribution in [0.1, 0.15) is 17.6 Å². The number of rotatable bonds is 3. The van der Waals surface area contributed by atoms with E-state index in [1.807, 2.05) is 0 Å². The van der Waals surface area contributed by atoms with Gasteiger partial charge in [-0.05, 0) is 0 Å². The first-order chi connectivity index (χ1) is 6.99. The zero-order chi connectivity index (χ0) is 11.6. The second-order valence-electron chi connectivity index (χ2n) is 2.52. The molecule has 1 aromatic heterocycles. The molecule has 0 aliphatic rings. The van der Waals surface area contributed by atoms with Crippen molar-refractivity contribution in [1.29, 1.82) is 0 Å². The summed E-state index contributed by atoms with van der Waals surface area (Å²) in [4.78, 5) is 12.9. The lowest BCUT2D eigenvalue weighted by Gasteiger charge is -2.07. The van der Waals surface area contributed by atoms with E-state index < -0.39 is 22.6 Å². The largest absolute Gasteiger partial charge is 0.296 e. The van der Waals surface area contributed by atoms with Gasteiger partial charge < -0.3 is 0 Å². The molecule has 0 saturated carbocycles. The number of halogens is 4. The van der Waals surface area contributed by atoms with Crippen LogP contribution in [0, 0.1) is 10.1 Å². The quantitative estimate of drug-likeness (QED) is 0.361. The third kappa shape index (κ3) is 2.32. The molecule has 15 heavy (non-hydrogen) atoms. The maximum atomic E-state index is 12.6. The van der Waals surface area contributed by atoms with Gasteiger partial charge in [0.15, 0.2) is 0 Å². The average Bonchev–Trinajstić information content (AvgIpc) is 2.16. The van der Waals surface area contributed by atoms with Gasteiger partial charge in [-0.1, -0.05) is 11.6 Å². The van der Waals surface area contributed by atoms with Crippen molar-refractivity contribution < 1.29 is 13.7 Å². The first-order valence-corrected chi connectivity index (χ1v) is 4.56. The first kappa shape index (κ1) is 12.1. The Balaban J connectivity index is 3.49. The second kappa shape index (κ2) is 4.67. The Labute approximate surface area is 93.0 Å². The fourth-order valence-electron chi connectivity index (χ4n) is 1.05. The maximum absolute atomic E-state index is 12.6. The Bertz CT molecular complexity index is 401. The highest BCUT2D eigenvalue weighted by Crippen LogP contribution is 2.35. The van der Waals surface area contributed by atoms with Crippen molar-refractivity contribution in [3.63, 3.8) is 0 Å². The van der Waals surface area contributed by atoms with Crippen LogP contribution in [0.15, 0.2) is 6.20 Å². The average molecular weight is 257 g/mol. The van der Waals surface area contributed by atoms with Gasteiger partial charge in [-0.25, -0.2) is 13.8 Å². The van der Waals surface area contributed by atoms with Crippen molar-refractivity contribution in [2.24, 2.45) is 0 Å². The Morgan fingerprint density at radius 2 is 2.20 bits per heavy atom. The third-order valence-corrected chi connectivity index (χ3v) is 2.29. The molecule has 4 nitrogen and oxygen atoms in total. The second-order valence-corrected chi connectivity index (χ2v) is 3.14. The molecule has 82 valence electrons. The molecular weight excluding hydrogens is 253 g/mol. The Morgan fingerprint density at radius 1 is 1.60 bits per heavy atom. The van der Waals surface area contributed by atoms with Crippen LogP contribution >= 0.6 is 23.2 Å². The third-order valence-electron chi connectivity index (χ3n) is 1.70. The van der Waals surface area contributed by atoms with Crippen LogP contribution in [0.5, 0.6) is 0 Å². The van der Waals surface area contributed by atoms with Gasteiger partial charge in [0.1, 0.15) is 16.9 Å². The van der Waals surface area contributed by atoms with Crippen LogP contribution in [0.3, 0.4) is 0 Å². The highest BCUT2D eigenvalue weighted by molar-refractivity contribution is 6.31. The van der Waals surface area contributed by atoms with E-state index in [4.69, 9.17) is 23.2 Å². The zero-order valence-electron chi connectivity index (χ0n) is 7.08. The molecule has 1 heterocycles. The van der Waals surface area contributed by atoms with Gasteiger partial charge in [-0.2, -0.15) is 0 Å². The number of alkyl halides is 3. The van der Waals surface area contributed by atoms with Crippen LogP contribution in [0.4, 0.5) is 14.5 Å². The topological polar surface area (TPSA) is 56.0 Å². The van der Waals surface area contributed by atoms with Crippen molar-refractivity contribution in [3.8, 4) is 0 Å². The van der Waals surface area contributed by atoms with Crippen LogP contribution < -0.4 is 0 Å². The van der Waals surface area contributed by atoms with Crippen LogP contribution in [0.25, 0.3) is 0 Å². The van der Waals surface area contributed by atoms with Crippen molar-refractivity contribution in [3.05, 3.63) is 32.6 Å². The molecule has 0 aromatic carbocycles. The standard InChI is InChI=1S/C7H4Cl2F2N2O2/c8-1-3-5(7(10)11)4(13(14)15)2-12-6(3)9/h2,7H,1H2. The zero-order valence-corrected chi connectivity index (χ0v) is 8.60. The lowest BCUT2D eigenvalue weighted by atomic mass is 10.1. The van der Waals surface area contributed by atoms with E-state index in [1.54, 1.807) is 0 Å². The minimum atomic E-state index is -3.01. The fourth-order valence-corrected chi connectivity index (χ4v) is 1.60. The summed E-state index contributed by atoms with van der Waals surface area (Å²) in [5.41, 5.74) is -1.75. The van der Waals surface area contributed by atoms with Crippen molar-refractivity contribution in [2.45, 2.75) is 12.3 Å². The van der Waals surface area contributed by atoms with E-state index in [0.717, 1.165) is 0 Å². The highest BCUT2D eigenvalue weighted by Gasteiger charge is 2.27. The molecule has 0 saturated heterocycles. The summed E-state index contributed by atoms with van der Waals surface area (Å²) in [6.45, 7) is 0. The van der Waals surface area contributed by atoms with Gasteiger partial charge in [-0.15, -0.1) is 11.6 Å². The number of pyridine rings is 1. The summed E-state index contributed by atoms with van der Waals surface area (Å²) in [5.74, 6) is -0.354. The summed E-state index contributed by atoms with van der Waals surface area (Å²) in [5, 5.41) is 10.2. The lowest BCUT2D eigenvalue weighted by molar-refractivity contribution is -0.386. The van der Waals surface area contributed by atoms with Gasteiger partial charge in [0.2, 0.25) is 0 Å². The van der Waals surface area contributed by atoms with Crippen LogP contribution in [-0.4, -0.2) is 9.91 Å². The van der Waals surface area contributed by atoms with Gasteiger partial charge in [0, 0.05) is 5.56 Å². The summed E-state index contributed by atoms with van der Waals surface area (Å²) in [7, 11) is 0. The number of hydrogen-bond donors (Lipinski definition) is 0. The van der Waals surface area contributed by atoms with Crippen molar-refractivity contribution in [2.75, 3.05) is 0 Å². The van der Waals surface area contributed by atoms with Crippen LogP contribution in [0.2, 0.25) is 5.15 Å². The molecule has 0 spiro atoms. The molecule has 0 unspecified atom stereocenters. The molecule has 8 heteroatoms. The summed E-state index contributed by atoms with van der Waals surface area (Å²) in [6, 6.07) is 0. The van der Waals surface area contributed by atoms with Gasteiger partial charge in [-0.3, -0.25) is 10.1 Å². The molecule has 0 atom stereocenters. The minimum absolute atomic E-state index is 0.206. The predicted octanol–water partition coefficient (Wildman–Crippen LogP) is 3.32. The number of nitro groups is 1. The summed E-state index contributed by atoms with van der Waals surface area (Å²) < 4.78 is 25.1. The monoisotopic (exact) mass is 256 g/mol. The van der Waals surface area contributed by atoms with Crippen molar-refractivity contribution in [1.82, 2.24) is 4.98 Å². The Hall–Kier alpha value is -1.01. The fraction of sp³-hybridized carbons (Fsp3) is 0.286. The van der Waals surface area contributed by atoms with E-state index >= 15 is 0 Å². The SMILES string of the molecule is O=[N+]([O-])c1cnc(Cl)c(CCl)c1C(F)F. The van der Waals surface area contributed by atoms with Gasteiger partial charge in [0.25, 0.3) is 12.1 Å². The van der Waals surface area contributed by atoms with Crippen LogP contribution in [-0.2, 0) is 5.88 Å². The number of hydrogen-bond acceptors (Lipinski definition) is 3. The Kier molecular flexibility index (Phi) is 3.76. The number of aromatic nitrogens is 1. The molecule has 0 bridgehead atoms. The maximum Gasteiger partial charge on any atom is 0.296 e. The van der Waals surface area contributed by atoms with E-state index in [-0.39, 0.29) is 16.6 Å². The lowest BCUT2D eigenvalue weighted by Crippen LogP contribution is -2.02. The molecule has 0 amide bonds. The Morgan fingerprint density at radius 3 is 2.60 bits per heavy atom. The first-order valence-electron chi connectivity index (χ1n) is 3.64. The molecule has 0 fully saturated rings. The minimum Gasteiger partial charge on any atom is -0.258 e. The molecule has 0 N–H and O–H groups in total. The highest BCUT2D eigenvalue weighted by atomic mass is 35.5. The molecule has 0 aliphatic heterocycles. The van der Waals surface area contributed by atoms with Crippen molar-refractivity contribution >= 4 is 28.9 Å². The summed E-state index contributed by atoms with van der Waals surface area (Å²) >= 11 is 10.9. The van der Waals surface area contributed by atoms with E-state index in [2.05, 4.69) is 4.98 Å². The molecule has 0 radical (unpaired) electrons. The molecule has 0 aliphatic carbocycles. The van der Waals surface area contributed by atoms with Gasteiger partial charge in [0.05, 0.1) is 10.8 Å². The molecule has 1 aromatic rings. The summed E-state index contributed by atoms with van der Waals surface area (Å²) in [6.07, 6.45) is -2.32. The number of nitrogens with zero attached hydrogens (tertiary/aromatic N) is 2.